The third-order valence-corrected chi connectivity index (χ3v) is 5.36. The average Bonchev–Trinajstić information content (AvgIpc) is 3.26. The third-order valence-electron chi connectivity index (χ3n) is 4.86. The van der Waals surface area contributed by atoms with Crippen molar-refractivity contribution in [2.24, 2.45) is 0 Å². The van der Waals surface area contributed by atoms with Crippen LogP contribution in [0.1, 0.15) is 11.1 Å². The molecule has 0 fully saturated rings. The number of halogens is 1. The van der Waals surface area contributed by atoms with Crippen LogP contribution < -0.4 is 9.47 Å². The maximum Gasteiger partial charge on any atom is 0.232 e. The summed E-state index contributed by atoms with van der Waals surface area (Å²) in [5.41, 5.74) is 4.22. The first-order valence-electron chi connectivity index (χ1n) is 10.2. The average molecular weight is 487 g/mol. The first-order chi connectivity index (χ1) is 15.7. The van der Waals surface area contributed by atoms with Gasteiger partial charge in [-0.25, -0.2) is 4.98 Å². The minimum atomic E-state index is 0.370. The van der Waals surface area contributed by atoms with Crippen molar-refractivity contribution in [2.75, 3.05) is 0 Å². The number of rotatable bonds is 7. The molecule has 0 saturated carbocycles. The number of benzene rings is 3. The molecule has 0 atom stereocenters. The molecule has 0 aliphatic heterocycles. The Morgan fingerprint density at radius 1 is 0.719 bits per heavy atom. The summed E-state index contributed by atoms with van der Waals surface area (Å²) in [6.45, 7) is 0.789. The first kappa shape index (κ1) is 20.3. The molecule has 0 N–H and O–H groups in total. The monoisotopic (exact) mass is 486 g/mol. The van der Waals surface area contributed by atoms with Gasteiger partial charge in [0.05, 0.1) is 5.56 Å². The Hall–Kier alpha value is -3.64. The zero-order valence-electron chi connectivity index (χ0n) is 17.1. The molecule has 5 aromatic rings. The molecule has 3 aromatic carbocycles. The molecule has 158 valence electrons. The largest absolute Gasteiger partial charge is 0.473 e. The van der Waals surface area contributed by atoms with Crippen molar-refractivity contribution in [1.82, 2.24) is 9.97 Å². The molecule has 5 nitrogen and oxygen atoms in total. The van der Waals surface area contributed by atoms with Crippen molar-refractivity contribution < 1.29 is 13.9 Å². The molecule has 0 aliphatic rings. The van der Waals surface area contributed by atoms with Crippen LogP contribution in [0.25, 0.3) is 22.6 Å². The fraction of sp³-hybridized carbons (Fsp3) is 0.0769. The Kier molecular flexibility index (Phi) is 5.85. The second-order valence-corrected chi connectivity index (χ2v) is 8.10. The predicted molar refractivity (Wildman–Crippen MR) is 126 cm³/mol. The van der Waals surface area contributed by atoms with Crippen molar-refractivity contribution in [2.45, 2.75) is 13.2 Å². The summed E-state index contributed by atoms with van der Waals surface area (Å²) in [5, 5.41) is 0. The number of pyridine rings is 1. The molecule has 0 radical (unpaired) electrons. The Morgan fingerprint density at radius 3 is 2.12 bits per heavy atom. The quantitative estimate of drug-likeness (QED) is 0.253. The molecule has 0 amide bonds. The van der Waals surface area contributed by atoms with Crippen LogP contribution in [0.4, 0.5) is 0 Å². The summed E-state index contributed by atoms with van der Waals surface area (Å²) in [5.74, 6) is 1.33. The highest BCUT2D eigenvalue weighted by atomic mass is 79.9. The van der Waals surface area contributed by atoms with Crippen LogP contribution in [0.3, 0.4) is 0 Å². The van der Waals surface area contributed by atoms with E-state index in [1.807, 2.05) is 84.9 Å². The van der Waals surface area contributed by atoms with Crippen LogP contribution in [-0.4, -0.2) is 9.97 Å². The van der Waals surface area contributed by atoms with E-state index in [9.17, 15) is 0 Å². The number of ether oxygens (including phenoxy) is 2. The fourth-order valence-electron chi connectivity index (χ4n) is 3.25. The molecular weight excluding hydrogens is 468 g/mol. The van der Waals surface area contributed by atoms with Crippen molar-refractivity contribution >= 4 is 27.0 Å². The predicted octanol–water partition coefficient (Wildman–Crippen LogP) is 6.81. The molecular formula is C26H19BrN2O3. The van der Waals surface area contributed by atoms with Gasteiger partial charge in [0.25, 0.3) is 0 Å². The number of hydrogen-bond acceptors (Lipinski definition) is 5. The van der Waals surface area contributed by atoms with Gasteiger partial charge in [-0.2, -0.15) is 4.98 Å². The van der Waals surface area contributed by atoms with Gasteiger partial charge in [0.2, 0.25) is 17.7 Å². The van der Waals surface area contributed by atoms with E-state index in [0.29, 0.717) is 42.0 Å². The van der Waals surface area contributed by atoms with Crippen LogP contribution in [0.2, 0.25) is 0 Å². The molecule has 5 rings (SSSR count). The normalized spacial score (nSPS) is 10.9. The number of aromatic nitrogens is 2. The van der Waals surface area contributed by atoms with Crippen molar-refractivity contribution in [3.05, 3.63) is 107 Å². The van der Waals surface area contributed by atoms with E-state index in [1.54, 1.807) is 6.07 Å². The highest BCUT2D eigenvalue weighted by molar-refractivity contribution is 9.10. The van der Waals surface area contributed by atoms with Gasteiger partial charge >= 0.3 is 0 Å². The summed E-state index contributed by atoms with van der Waals surface area (Å²) in [4.78, 5) is 9.23. The molecule has 0 aliphatic carbocycles. The molecule has 0 bridgehead atoms. The van der Waals surface area contributed by atoms with Gasteiger partial charge in [-0.15, -0.1) is 0 Å². The highest BCUT2D eigenvalue weighted by Crippen LogP contribution is 2.33. The molecule has 2 heterocycles. The topological polar surface area (TPSA) is 57.4 Å². The Morgan fingerprint density at radius 2 is 1.41 bits per heavy atom. The summed E-state index contributed by atoms with van der Waals surface area (Å²) in [7, 11) is 0. The summed E-state index contributed by atoms with van der Waals surface area (Å²) in [6, 6.07) is 29.3. The molecule has 6 heteroatoms. The molecule has 32 heavy (non-hydrogen) atoms. The standard InChI is InChI=1S/C26H19BrN2O3/c27-20-11-13-22-23(15-20)32-26(28-22)21-12-14-24(30-16-18-7-3-1-4-8-18)29-25(21)31-17-19-9-5-2-6-10-19/h1-15H,16-17H2. The minimum absolute atomic E-state index is 0.370. The number of oxazole rings is 1. The van der Waals surface area contributed by atoms with Gasteiger partial charge in [0.15, 0.2) is 5.58 Å². The molecule has 0 spiro atoms. The maximum atomic E-state index is 6.09. The van der Waals surface area contributed by atoms with E-state index in [4.69, 9.17) is 13.9 Å². The van der Waals surface area contributed by atoms with Gasteiger partial charge < -0.3 is 13.9 Å². The zero-order valence-corrected chi connectivity index (χ0v) is 18.7. The minimum Gasteiger partial charge on any atom is -0.473 e. The summed E-state index contributed by atoms with van der Waals surface area (Å²) < 4.78 is 18.9. The fourth-order valence-corrected chi connectivity index (χ4v) is 3.59. The lowest BCUT2D eigenvalue weighted by atomic mass is 10.2. The van der Waals surface area contributed by atoms with Crippen molar-refractivity contribution in [1.29, 1.82) is 0 Å². The Labute approximate surface area is 193 Å². The number of fused-ring (bicyclic) bond motifs is 1. The van der Waals surface area contributed by atoms with Crippen LogP contribution in [0.5, 0.6) is 11.8 Å². The van der Waals surface area contributed by atoms with Gasteiger partial charge in [0, 0.05) is 10.5 Å². The Balaban J connectivity index is 1.46. The van der Waals surface area contributed by atoms with Crippen molar-refractivity contribution in [3.63, 3.8) is 0 Å². The van der Waals surface area contributed by atoms with E-state index in [1.165, 1.54) is 0 Å². The molecule has 0 saturated heterocycles. The van der Waals surface area contributed by atoms with E-state index >= 15 is 0 Å². The third kappa shape index (κ3) is 4.65. The van der Waals surface area contributed by atoms with Crippen molar-refractivity contribution in [3.8, 4) is 23.2 Å². The van der Waals surface area contributed by atoms with E-state index in [-0.39, 0.29) is 0 Å². The lowest BCUT2D eigenvalue weighted by molar-refractivity contribution is 0.268. The van der Waals surface area contributed by atoms with Gasteiger partial charge in [0.1, 0.15) is 18.7 Å². The van der Waals surface area contributed by atoms with Gasteiger partial charge in [-0.1, -0.05) is 76.6 Å². The van der Waals surface area contributed by atoms with Gasteiger partial charge in [-0.05, 0) is 35.4 Å². The van der Waals surface area contributed by atoms with E-state index in [2.05, 4.69) is 25.9 Å². The maximum absolute atomic E-state index is 6.09. The second-order valence-electron chi connectivity index (χ2n) is 7.18. The number of nitrogens with zero attached hydrogens (tertiary/aromatic N) is 2. The first-order valence-corrected chi connectivity index (χ1v) is 10.9. The van der Waals surface area contributed by atoms with Crippen LogP contribution in [0, 0.1) is 0 Å². The van der Waals surface area contributed by atoms with E-state index in [0.717, 1.165) is 21.1 Å². The van der Waals surface area contributed by atoms with Crippen LogP contribution in [0.15, 0.2) is 99.9 Å². The molecule has 2 aromatic heterocycles. The van der Waals surface area contributed by atoms with Crippen LogP contribution >= 0.6 is 15.9 Å². The summed E-state index contributed by atoms with van der Waals surface area (Å²) >= 11 is 3.47. The SMILES string of the molecule is Brc1ccc2nc(-c3ccc(OCc4ccccc4)nc3OCc3ccccc3)oc2c1. The summed E-state index contributed by atoms with van der Waals surface area (Å²) in [6.07, 6.45) is 0. The van der Waals surface area contributed by atoms with Crippen LogP contribution in [-0.2, 0) is 13.2 Å². The highest BCUT2D eigenvalue weighted by Gasteiger charge is 2.17. The number of hydrogen-bond donors (Lipinski definition) is 0. The smallest absolute Gasteiger partial charge is 0.232 e. The Bertz CT molecular complexity index is 1340. The van der Waals surface area contributed by atoms with E-state index < -0.39 is 0 Å². The second kappa shape index (κ2) is 9.24. The lowest BCUT2D eigenvalue weighted by Crippen LogP contribution is -2.02. The van der Waals surface area contributed by atoms with Gasteiger partial charge in [-0.3, -0.25) is 0 Å². The molecule has 0 unspecified atom stereocenters. The lowest BCUT2D eigenvalue weighted by Gasteiger charge is -2.11. The zero-order chi connectivity index (χ0) is 21.8.